The molecule has 2 N–H and O–H groups in total. The standard InChI is InChI=1S/C13H18N2O2S/c1-9-6-12(11(8-14-9)13(16)17)15-7-10-2-4-18-5-3-10/h6,8,10H,2-5,7H2,1H3,(H,14,15)(H,16,17). The molecule has 0 spiro atoms. The van der Waals surface area contributed by atoms with Crippen molar-refractivity contribution in [2.45, 2.75) is 19.8 Å². The average molecular weight is 266 g/mol. The molecule has 1 aliphatic heterocycles. The summed E-state index contributed by atoms with van der Waals surface area (Å²) >= 11 is 2.00. The number of pyridine rings is 1. The van der Waals surface area contributed by atoms with Gasteiger partial charge in [-0.25, -0.2) is 4.79 Å². The summed E-state index contributed by atoms with van der Waals surface area (Å²) in [5, 5.41) is 12.4. The van der Waals surface area contributed by atoms with Crippen molar-refractivity contribution >= 4 is 23.4 Å². The number of hydrogen-bond acceptors (Lipinski definition) is 4. The highest BCUT2D eigenvalue weighted by molar-refractivity contribution is 7.99. The third-order valence-electron chi connectivity index (χ3n) is 3.19. The lowest BCUT2D eigenvalue weighted by Crippen LogP contribution is -2.20. The number of nitrogens with one attached hydrogen (secondary N) is 1. The maximum Gasteiger partial charge on any atom is 0.339 e. The fraction of sp³-hybridized carbons (Fsp3) is 0.538. The van der Waals surface area contributed by atoms with Crippen LogP contribution in [0.2, 0.25) is 0 Å². The summed E-state index contributed by atoms with van der Waals surface area (Å²) in [5.74, 6) is 2.16. The van der Waals surface area contributed by atoms with E-state index >= 15 is 0 Å². The predicted molar refractivity (Wildman–Crippen MR) is 74.5 cm³/mol. The van der Waals surface area contributed by atoms with Crippen LogP contribution in [0.1, 0.15) is 28.9 Å². The van der Waals surface area contributed by atoms with Crippen LogP contribution >= 0.6 is 11.8 Å². The first-order valence-corrected chi connectivity index (χ1v) is 7.34. The Morgan fingerprint density at radius 2 is 2.28 bits per heavy atom. The van der Waals surface area contributed by atoms with E-state index in [1.54, 1.807) is 6.07 Å². The van der Waals surface area contributed by atoms with Crippen LogP contribution in [0.4, 0.5) is 5.69 Å². The van der Waals surface area contributed by atoms with E-state index in [4.69, 9.17) is 5.11 Å². The largest absolute Gasteiger partial charge is 0.478 e. The summed E-state index contributed by atoms with van der Waals surface area (Å²) in [6, 6.07) is 1.81. The zero-order valence-electron chi connectivity index (χ0n) is 10.5. The number of aromatic carboxylic acids is 1. The molecule has 18 heavy (non-hydrogen) atoms. The Bertz CT molecular complexity index is 431. The lowest BCUT2D eigenvalue weighted by atomic mass is 10.0. The van der Waals surface area contributed by atoms with Crippen LogP contribution in [0, 0.1) is 12.8 Å². The van der Waals surface area contributed by atoms with Gasteiger partial charge in [0.05, 0.1) is 5.69 Å². The van der Waals surface area contributed by atoms with E-state index in [0.717, 1.165) is 12.2 Å². The number of carbonyl (C=O) groups is 1. The second-order valence-electron chi connectivity index (χ2n) is 4.61. The van der Waals surface area contributed by atoms with Gasteiger partial charge in [0, 0.05) is 18.4 Å². The maximum absolute atomic E-state index is 11.1. The van der Waals surface area contributed by atoms with E-state index in [2.05, 4.69) is 10.3 Å². The minimum atomic E-state index is -0.927. The number of rotatable bonds is 4. The molecule has 1 fully saturated rings. The molecule has 0 aromatic carbocycles. The molecule has 0 radical (unpaired) electrons. The van der Waals surface area contributed by atoms with Gasteiger partial charge >= 0.3 is 5.97 Å². The summed E-state index contributed by atoms with van der Waals surface area (Å²) in [6.07, 6.45) is 3.85. The number of aromatic nitrogens is 1. The zero-order chi connectivity index (χ0) is 13.0. The Kier molecular flexibility index (Phi) is 4.47. The average Bonchev–Trinajstić information content (AvgIpc) is 2.37. The number of hydrogen-bond donors (Lipinski definition) is 2. The predicted octanol–water partition coefficient (Wildman–Crippen LogP) is 2.64. The second-order valence-corrected chi connectivity index (χ2v) is 5.84. The fourth-order valence-corrected chi connectivity index (χ4v) is 3.29. The van der Waals surface area contributed by atoms with Crippen LogP contribution in [0.3, 0.4) is 0 Å². The molecular formula is C13H18N2O2S. The summed E-state index contributed by atoms with van der Waals surface area (Å²) in [7, 11) is 0. The monoisotopic (exact) mass is 266 g/mol. The number of thioether (sulfide) groups is 1. The minimum Gasteiger partial charge on any atom is -0.478 e. The number of carboxylic acids is 1. The van der Waals surface area contributed by atoms with Crippen molar-refractivity contribution in [3.05, 3.63) is 23.5 Å². The molecule has 1 aliphatic rings. The van der Waals surface area contributed by atoms with Gasteiger partial charge in [-0.3, -0.25) is 4.98 Å². The highest BCUT2D eigenvalue weighted by Crippen LogP contribution is 2.24. The van der Waals surface area contributed by atoms with E-state index in [-0.39, 0.29) is 5.56 Å². The molecule has 2 heterocycles. The molecule has 0 aliphatic carbocycles. The Morgan fingerprint density at radius 1 is 1.56 bits per heavy atom. The molecule has 1 saturated heterocycles. The molecule has 0 atom stereocenters. The van der Waals surface area contributed by atoms with Gasteiger partial charge in [-0.1, -0.05) is 0 Å². The smallest absolute Gasteiger partial charge is 0.339 e. The molecule has 0 amide bonds. The summed E-state index contributed by atoms with van der Waals surface area (Å²) in [4.78, 5) is 15.1. The van der Waals surface area contributed by atoms with E-state index in [9.17, 15) is 4.79 Å². The van der Waals surface area contributed by atoms with Gasteiger partial charge in [0.2, 0.25) is 0 Å². The highest BCUT2D eigenvalue weighted by atomic mass is 32.2. The first-order valence-electron chi connectivity index (χ1n) is 6.18. The van der Waals surface area contributed by atoms with Gasteiger partial charge in [0.1, 0.15) is 5.56 Å². The van der Waals surface area contributed by atoms with Crippen LogP contribution in [-0.2, 0) is 0 Å². The third kappa shape index (κ3) is 3.38. The molecular weight excluding hydrogens is 248 g/mol. The number of aryl methyl sites for hydroxylation is 1. The van der Waals surface area contributed by atoms with Crippen molar-refractivity contribution in [3.63, 3.8) is 0 Å². The first-order chi connectivity index (χ1) is 8.66. The Labute approximate surface area is 111 Å². The van der Waals surface area contributed by atoms with E-state index < -0.39 is 5.97 Å². The minimum absolute atomic E-state index is 0.255. The topological polar surface area (TPSA) is 62.2 Å². The molecule has 5 heteroatoms. The third-order valence-corrected chi connectivity index (χ3v) is 4.24. The summed E-state index contributed by atoms with van der Waals surface area (Å²) < 4.78 is 0. The maximum atomic E-state index is 11.1. The van der Waals surface area contributed by atoms with Crippen molar-refractivity contribution in [2.24, 2.45) is 5.92 Å². The van der Waals surface area contributed by atoms with Crippen molar-refractivity contribution in [1.29, 1.82) is 0 Å². The van der Waals surface area contributed by atoms with Crippen LogP contribution in [0.25, 0.3) is 0 Å². The molecule has 0 unspecified atom stereocenters. The molecule has 0 bridgehead atoms. The molecule has 0 saturated carbocycles. The fourth-order valence-electron chi connectivity index (χ4n) is 2.08. The number of anilines is 1. The molecule has 2 rings (SSSR count). The SMILES string of the molecule is Cc1cc(NCC2CCSCC2)c(C(=O)O)cn1. The van der Waals surface area contributed by atoms with Crippen LogP contribution < -0.4 is 5.32 Å². The van der Waals surface area contributed by atoms with Crippen molar-refractivity contribution in [2.75, 3.05) is 23.4 Å². The summed E-state index contributed by atoms with van der Waals surface area (Å²) in [5.41, 5.74) is 1.78. The molecule has 4 nitrogen and oxygen atoms in total. The lowest BCUT2D eigenvalue weighted by Gasteiger charge is -2.22. The van der Waals surface area contributed by atoms with Crippen molar-refractivity contribution < 1.29 is 9.90 Å². The molecule has 1 aromatic heterocycles. The normalized spacial score (nSPS) is 16.5. The second kappa shape index (κ2) is 6.09. The van der Waals surface area contributed by atoms with Gasteiger partial charge < -0.3 is 10.4 Å². The van der Waals surface area contributed by atoms with Gasteiger partial charge in [0.15, 0.2) is 0 Å². The van der Waals surface area contributed by atoms with Gasteiger partial charge in [-0.15, -0.1) is 0 Å². The van der Waals surface area contributed by atoms with Gasteiger partial charge in [-0.2, -0.15) is 11.8 Å². The Morgan fingerprint density at radius 3 is 2.94 bits per heavy atom. The highest BCUT2D eigenvalue weighted by Gasteiger charge is 2.15. The van der Waals surface area contributed by atoms with E-state index in [0.29, 0.717) is 11.6 Å². The molecule has 98 valence electrons. The quantitative estimate of drug-likeness (QED) is 0.877. The van der Waals surface area contributed by atoms with Gasteiger partial charge in [0.25, 0.3) is 0 Å². The zero-order valence-corrected chi connectivity index (χ0v) is 11.3. The lowest BCUT2D eigenvalue weighted by molar-refractivity contribution is 0.0697. The first kappa shape index (κ1) is 13.2. The van der Waals surface area contributed by atoms with Crippen molar-refractivity contribution in [3.8, 4) is 0 Å². The van der Waals surface area contributed by atoms with Gasteiger partial charge in [-0.05, 0) is 43.3 Å². The summed E-state index contributed by atoms with van der Waals surface area (Å²) in [6.45, 7) is 2.72. The van der Waals surface area contributed by atoms with E-state index in [1.807, 2.05) is 18.7 Å². The Balaban J connectivity index is 2.03. The van der Waals surface area contributed by atoms with Crippen LogP contribution in [0.5, 0.6) is 0 Å². The van der Waals surface area contributed by atoms with Crippen LogP contribution in [-0.4, -0.2) is 34.1 Å². The van der Waals surface area contributed by atoms with Crippen LogP contribution in [0.15, 0.2) is 12.3 Å². The number of carboxylic acid groups (broad SMARTS) is 1. The number of nitrogens with zero attached hydrogens (tertiary/aromatic N) is 1. The van der Waals surface area contributed by atoms with E-state index in [1.165, 1.54) is 30.5 Å². The Hall–Kier alpha value is -1.23. The molecule has 1 aromatic rings. The van der Waals surface area contributed by atoms with Crippen molar-refractivity contribution in [1.82, 2.24) is 4.98 Å².